The molecule has 1 aromatic heterocycles. The first-order chi connectivity index (χ1) is 13.0. The van der Waals surface area contributed by atoms with Crippen LogP contribution in [0.2, 0.25) is 10.0 Å². The van der Waals surface area contributed by atoms with Crippen molar-refractivity contribution < 1.29 is 14.3 Å². The Morgan fingerprint density at radius 3 is 2.70 bits per heavy atom. The van der Waals surface area contributed by atoms with Crippen LogP contribution in [0, 0.1) is 0 Å². The van der Waals surface area contributed by atoms with Crippen LogP contribution in [0.25, 0.3) is 10.1 Å². The third-order valence-corrected chi connectivity index (χ3v) is 6.46. The summed E-state index contributed by atoms with van der Waals surface area (Å²) in [6.07, 6.45) is 0.804. The van der Waals surface area contributed by atoms with Crippen molar-refractivity contribution in [1.82, 2.24) is 4.90 Å². The summed E-state index contributed by atoms with van der Waals surface area (Å²) < 4.78 is 6.04. The van der Waals surface area contributed by atoms with Gasteiger partial charge in [0.1, 0.15) is 4.88 Å². The van der Waals surface area contributed by atoms with E-state index in [1.807, 2.05) is 18.2 Å². The van der Waals surface area contributed by atoms with Crippen molar-refractivity contribution in [1.29, 1.82) is 0 Å². The molecule has 0 N–H and O–H groups in total. The topological polar surface area (TPSA) is 46.6 Å². The van der Waals surface area contributed by atoms with Gasteiger partial charge in [-0.25, -0.2) is 4.79 Å². The Bertz CT molecular complexity index is 1050. The highest BCUT2D eigenvalue weighted by molar-refractivity contribution is 7.21. The molecule has 2 aromatic carbocycles. The van der Waals surface area contributed by atoms with Crippen molar-refractivity contribution in [2.75, 3.05) is 13.2 Å². The number of esters is 1. The highest BCUT2D eigenvalue weighted by Gasteiger charge is 2.23. The van der Waals surface area contributed by atoms with Gasteiger partial charge >= 0.3 is 5.97 Å². The van der Waals surface area contributed by atoms with E-state index in [0.717, 1.165) is 22.1 Å². The summed E-state index contributed by atoms with van der Waals surface area (Å²) in [5, 5.41) is 1.65. The zero-order valence-electron chi connectivity index (χ0n) is 14.2. The van der Waals surface area contributed by atoms with Crippen molar-refractivity contribution in [2.24, 2.45) is 0 Å². The van der Waals surface area contributed by atoms with Gasteiger partial charge in [0.2, 0.25) is 0 Å². The smallest absolute Gasteiger partial charge is 0.350 e. The van der Waals surface area contributed by atoms with E-state index in [1.165, 1.54) is 16.9 Å². The number of benzene rings is 2. The second kappa shape index (κ2) is 7.50. The van der Waals surface area contributed by atoms with E-state index in [4.69, 9.17) is 27.9 Å². The number of halogens is 2. The van der Waals surface area contributed by atoms with Crippen LogP contribution in [-0.4, -0.2) is 29.9 Å². The van der Waals surface area contributed by atoms with Crippen molar-refractivity contribution in [3.8, 4) is 0 Å². The van der Waals surface area contributed by atoms with Gasteiger partial charge < -0.3 is 9.64 Å². The van der Waals surface area contributed by atoms with E-state index >= 15 is 0 Å². The quantitative estimate of drug-likeness (QED) is 0.564. The predicted molar refractivity (Wildman–Crippen MR) is 108 cm³/mol. The van der Waals surface area contributed by atoms with Crippen LogP contribution in [0.15, 0.2) is 42.5 Å². The largest absolute Gasteiger partial charge is 0.451 e. The summed E-state index contributed by atoms with van der Waals surface area (Å²) in [7, 11) is 0. The van der Waals surface area contributed by atoms with E-state index in [0.29, 0.717) is 23.1 Å². The predicted octanol–water partition coefficient (Wildman–Crippen LogP) is 4.95. The zero-order chi connectivity index (χ0) is 19.0. The van der Waals surface area contributed by atoms with E-state index in [-0.39, 0.29) is 17.4 Å². The summed E-state index contributed by atoms with van der Waals surface area (Å²) in [4.78, 5) is 26.8. The number of rotatable bonds is 3. The zero-order valence-corrected chi connectivity index (χ0v) is 16.5. The maximum absolute atomic E-state index is 12.4. The third kappa shape index (κ3) is 3.68. The molecule has 0 saturated carbocycles. The molecule has 2 heterocycles. The highest BCUT2D eigenvalue weighted by Crippen LogP contribution is 2.37. The first-order valence-corrected chi connectivity index (χ1v) is 9.99. The number of carbonyl (C=O) groups excluding carboxylic acids is 2. The lowest BCUT2D eigenvalue weighted by molar-refractivity contribution is -0.135. The number of hydrogen-bond acceptors (Lipinski definition) is 4. The molecule has 0 fully saturated rings. The molecule has 0 aliphatic carbocycles. The summed E-state index contributed by atoms with van der Waals surface area (Å²) >= 11 is 13.5. The second-order valence-electron chi connectivity index (χ2n) is 6.30. The number of ether oxygens (including phenoxy) is 1. The normalized spacial score (nSPS) is 13.5. The second-order valence-corrected chi connectivity index (χ2v) is 8.16. The van der Waals surface area contributed by atoms with Gasteiger partial charge in [-0.3, -0.25) is 4.79 Å². The molecular weight excluding hydrogens is 405 g/mol. The monoisotopic (exact) mass is 419 g/mol. The fraction of sp³-hybridized carbons (Fsp3) is 0.200. The van der Waals surface area contributed by atoms with Crippen LogP contribution >= 0.6 is 34.5 Å². The van der Waals surface area contributed by atoms with Gasteiger partial charge in [-0.1, -0.05) is 53.5 Å². The fourth-order valence-electron chi connectivity index (χ4n) is 3.16. The molecule has 3 aromatic rings. The number of thiophene rings is 1. The van der Waals surface area contributed by atoms with Gasteiger partial charge in [-0.05, 0) is 29.7 Å². The minimum absolute atomic E-state index is 0.210. The van der Waals surface area contributed by atoms with Crippen molar-refractivity contribution >= 4 is 56.5 Å². The molecule has 4 nitrogen and oxygen atoms in total. The molecule has 0 atom stereocenters. The lowest BCUT2D eigenvalue weighted by Gasteiger charge is -2.28. The van der Waals surface area contributed by atoms with Gasteiger partial charge in [-0.15, -0.1) is 11.3 Å². The molecule has 4 rings (SSSR count). The lowest BCUT2D eigenvalue weighted by atomic mass is 10.00. The molecule has 0 spiro atoms. The van der Waals surface area contributed by atoms with Crippen LogP contribution in [0.3, 0.4) is 0 Å². The standard InChI is InChI=1S/C20H15Cl2NO3S/c21-14-5-6-15-16(9-14)27-19(18(15)22)20(25)26-11-17(24)23-8-7-12-3-1-2-4-13(12)10-23/h1-6,9H,7-8,10-11H2. The van der Waals surface area contributed by atoms with Gasteiger partial charge in [0.15, 0.2) is 6.61 Å². The molecule has 7 heteroatoms. The molecule has 1 amide bonds. The Kier molecular flexibility index (Phi) is 5.08. The maximum atomic E-state index is 12.4. The average molecular weight is 420 g/mol. The van der Waals surface area contributed by atoms with Crippen LogP contribution in [-0.2, 0) is 22.5 Å². The van der Waals surface area contributed by atoms with E-state index < -0.39 is 5.97 Å². The molecule has 1 aliphatic heterocycles. The van der Waals surface area contributed by atoms with Crippen molar-refractivity contribution in [3.05, 3.63) is 68.5 Å². The first kappa shape index (κ1) is 18.3. The van der Waals surface area contributed by atoms with Gasteiger partial charge in [0.05, 0.1) is 5.02 Å². The van der Waals surface area contributed by atoms with Gasteiger partial charge in [0.25, 0.3) is 5.91 Å². The Morgan fingerprint density at radius 1 is 1.11 bits per heavy atom. The minimum atomic E-state index is -0.594. The number of amides is 1. The van der Waals surface area contributed by atoms with Crippen LogP contribution in [0.4, 0.5) is 0 Å². The molecule has 0 unspecified atom stereocenters. The van der Waals surface area contributed by atoms with Crippen LogP contribution < -0.4 is 0 Å². The molecule has 138 valence electrons. The molecule has 27 heavy (non-hydrogen) atoms. The first-order valence-electron chi connectivity index (χ1n) is 8.42. The highest BCUT2D eigenvalue weighted by atomic mass is 35.5. The fourth-order valence-corrected chi connectivity index (χ4v) is 4.84. The van der Waals surface area contributed by atoms with Gasteiger partial charge in [0, 0.05) is 28.2 Å². The van der Waals surface area contributed by atoms with Gasteiger partial charge in [-0.2, -0.15) is 0 Å². The van der Waals surface area contributed by atoms with Crippen molar-refractivity contribution in [3.63, 3.8) is 0 Å². The number of fused-ring (bicyclic) bond motifs is 2. The molecule has 0 bridgehead atoms. The minimum Gasteiger partial charge on any atom is -0.451 e. The summed E-state index contributed by atoms with van der Waals surface area (Å²) in [5.41, 5.74) is 2.39. The molecule has 0 saturated heterocycles. The van der Waals surface area contributed by atoms with E-state index in [1.54, 1.807) is 23.1 Å². The van der Waals surface area contributed by atoms with E-state index in [2.05, 4.69) is 6.07 Å². The van der Waals surface area contributed by atoms with Crippen LogP contribution in [0.5, 0.6) is 0 Å². The van der Waals surface area contributed by atoms with Crippen LogP contribution in [0.1, 0.15) is 20.8 Å². The Hall–Kier alpha value is -2.08. The Labute approximate surface area is 170 Å². The summed E-state index contributed by atoms with van der Waals surface area (Å²) in [5.74, 6) is -0.804. The van der Waals surface area contributed by atoms with Crippen molar-refractivity contribution in [2.45, 2.75) is 13.0 Å². The molecule has 1 aliphatic rings. The summed E-state index contributed by atoms with van der Waals surface area (Å²) in [6, 6.07) is 13.3. The SMILES string of the molecule is O=C(OCC(=O)N1CCc2ccccc2C1)c1sc2cc(Cl)ccc2c1Cl. The number of carbonyl (C=O) groups is 2. The molecular formula is C20H15Cl2NO3S. The molecule has 0 radical (unpaired) electrons. The lowest BCUT2D eigenvalue weighted by Crippen LogP contribution is -2.38. The Balaban J connectivity index is 1.42. The number of nitrogens with zero attached hydrogens (tertiary/aromatic N) is 1. The van der Waals surface area contributed by atoms with E-state index in [9.17, 15) is 9.59 Å². The average Bonchev–Trinajstić information content (AvgIpc) is 3.01. The third-order valence-electron chi connectivity index (χ3n) is 4.59. The maximum Gasteiger partial charge on any atom is 0.350 e. The number of hydrogen-bond donors (Lipinski definition) is 0. The summed E-state index contributed by atoms with van der Waals surface area (Å²) in [6.45, 7) is 0.858. The Morgan fingerprint density at radius 2 is 1.89 bits per heavy atom.